The molecule has 0 amide bonds. The Bertz CT molecular complexity index is 417. The van der Waals surface area contributed by atoms with Gasteiger partial charge in [-0.3, -0.25) is 4.79 Å². The van der Waals surface area contributed by atoms with E-state index in [1.807, 2.05) is 0 Å². The molecule has 1 aliphatic rings. The van der Waals surface area contributed by atoms with Crippen LogP contribution in [-0.4, -0.2) is 80.3 Å². The lowest BCUT2D eigenvalue weighted by atomic mass is 9.89. The lowest BCUT2D eigenvalue weighted by molar-refractivity contribution is -0.299. The second kappa shape index (κ2) is 7.31. The first-order valence-electron chi connectivity index (χ1n) is 6.72. The molecule has 0 aromatic rings. The lowest BCUT2D eigenvalue weighted by Gasteiger charge is -2.44. The minimum Gasteiger partial charge on any atom is -0.476 e. The standard InChI is InChI=1S/C12H21NO9/c1-2-7(17)21-12(11(19)20)3-5(15)8(13)10(22-12)9(18)6(16)4-14/h5-6,8-10,14-16,18H,2-4,13H2,1H3,(H,19,20)/t5-,6+,8+,9+,10+,12-/m0/s1. The maximum Gasteiger partial charge on any atom is 0.377 e. The number of carboxylic acids is 1. The SMILES string of the molecule is CCC(=O)O[C@@]1(C(=O)O)C[C@H](O)[C@@H](N)[C@H]([C@H](O)[C@H](O)CO)O1. The molecule has 10 nitrogen and oxygen atoms in total. The van der Waals surface area contributed by atoms with Gasteiger partial charge in [0.25, 0.3) is 0 Å². The maximum atomic E-state index is 11.4. The van der Waals surface area contributed by atoms with E-state index in [2.05, 4.69) is 0 Å². The molecule has 10 heteroatoms. The van der Waals surface area contributed by atoms with Crippen molar-refractivity contribution in [1.82, 2.24) is 0 Å². The molecule has 1 fully saturated rings. The Hall–Kier alpha value is -1.30. The number of nitrogens with two attached hydrogens (primary N) is 1. The van der Waals surface area contributed by atoms with E-state index in [-0.39, 0.29) is 6.42 Å². The van der Waals surface area contributed by atoms with Crippen LogP contribution in [0.3, 0.4) is 0 Å². The number of hydrogen-bond acceptors (Lipinski definition) is 9. The smallest absolute Gasteiger partial charge is 0.377 e. The summed E-state index contributed by atoms with van der Waals surface area (Å²) in [4.78, 5) is 22.9. The zero-order valence-electron chi connectivity index (χ0n) is 12.0. The second-order valence-corrected chi connectivity index (χ2v) is 5.06. The van der Waals surface area contributed by atoms with E-state index in [0.717, 1.165) is 0 Å². The summed E-state index contributed by atoms with van der Waals surface area (Å²) in [6, 6.07) is -1.25. The molecular weight excluding hydrogens is 302 g/mol. The number of carbonyl (C=O) groups excluding carboxylic acids is 1. The summed E-state index contributed by atoms with van der Waals surface area (Å²) in [7, 11) is 0. The van der Waals surface area contributed by atoms with Crippen LogP contribution in [0, 0.1) is 0 Å². The summed E-state index contributed by atoms with van der Waals surface area (Å²) >= 11 is 0. The van der Waals surface area contributed by atoms with Gasteiger partial charge in [0.05, 0.1) is 25.2 Å². The van der Waals surface area contributed by atoms with Crippen molar-refractivity contribution < 1.29 is 44.6 Å². The van der Waals surface area contributed by atoms with E-state index in [1.54, 1.807) is 0 Å². The van der Waals surface area contributed by atoms with Crippen LogP contribution in [0.15, 0.2) is 0 Å². The number of rotatable bonds is 6. The summed E-state index contributed by atoms with van der Waals surface area (Å²) < 4.78 is 9.90. The zero-order chi connectivity index (χ0) is 17.1. The van der Waals surface area contributed by atoms with Gasteiger partial charge in [0.15, 0.2) is 0 Å². The number of aliphatic hydroxyl groups is 4. The number of esters is 1. The van der Waals surface area contributed by atoms with Crippen molar-refractivity contribution in [3.63, 3.8) is 0 Å². The van der Waals surface area contributed by atoms with Gasteiger partial charge in [-0.1, -0.05) is 6.92 Å². The second-order valence-electron chi connectivity index (χ2n) is 5.06. The van der Waals surface area contributed by atoms with Crippen molar-refractivity contribution in [3.8, 4) is 0 Å². The first-order valence-corrected chi connectivity index (χ1v) is 6.72. The van der Waals surface area contributed by atoms with Gasteiger partial charge in [-0.25, -0.2) is 4.79 Å². The van der Waals surface area contributed by atoms with Crippen molar-refractivity contribution in [3.05, 3.63) is 0 Å². The van der Waals surface area contributed by atoms with Gasteiger partial charge >= 0.3 is 17.7 Å². The van der Waals surface area contributed by atoms with E-state index in [0.29, 0.717) is 0 Å². The van der Waals surface area contributed by atoms with Crippen LogP contribution in [0.2, 0.25) is 0 Å². The molecular formula is C12H21NO9. The van der Waals surface area contributed by atoms with E-state index < -0.39 is 61.2 Å². The van der Waals surface area contributed by atoms with Crippen molar-refractivity contribution in [2.45, 2.75) is 56.0 Å². The topological polar surface area (TPSA) is 180 Å². The monoisotopic (exact) mass is 323 g/mol. The van der Waals surface area contributed by atoms with Gasteiger partial charge in [-0.15, -0.1) is 0 Å². The molecule has 0 unspecified atom stereocenters. The molecule has 0 aromatic carbocycles. The van der Waals surface area contributed by atoms with E-state index in [1.165, 1.54) is 6.92 Å². The lowest BCUT2D eigenvalue weighted by Crippen LogP contribution is -2.66. The molecule has 128 valence electrons. The van der Waals surface area contributed by atoms with Crippen LogP contribution in [0.1, 0.15) is 19.8 Å². The first-order chi connectivity index (χ1) is 10.2. The highest BCUT2D eigenvalue weighted by atomic mass is 16.7. The molecule has 1 aliphatic heterocycles. The van der Waals surface area contributed by atoms with Crippen molar-refractivity contribution in [1.29, 1.82) is 0 Å². The molecule has 6 atom stereocenters. The quantitative estimate of drug-likeness (QED) is 0.274. The minimum absolute atomic E-state index is 0.132. The molecule has 1 rings (SSSR count). The van der Waals surface area contributed by atoms with Gasteiger partial charge in [-0.2, -0.15) is 0 Å². The largest absolute Gasteiger partial charge is 0.476 e. The molecule has 22 heavy (non-hydrogen) atoms. The summed E-state index contributed by atoms with van der Waals surface area (Å²) in [5.41, 5.74) is 5.64. The normalized spacial score (nSPS) is 34.7. The molecule has 0 aliphatic carbocycles. The fourth-order valence-electron chi connectivity index (χ4n) is 2.10. The zero-order valence-corrected chi connectivity index (χ0v) is 12.0. The highest BCUT2D eigenvalue weighted by Crippen LogP contribution is 2.32. The van der Waals surface area contributed by atoms with Gasteiger partial charge in [0.2, 0.25) is 0 Å². The summed E-state index contributed by atoms with van der Waals surface area (Å²) in [6.45, 7) is 0.601. The summed E-state index contributed by atoms with van der Waals surface area (Å²) in [5, 5.41) is 47.4. The molecule has 0 bridgehead atoms. The van der Waals surface area contributed by atoms with E-state index in [9.17, 15) is 30.0 Å². The number of carboxylic acid groups (broad SMARTS) is 1. The Kier molecular flexibility index (Phi) is 6.23. The Morgan fingerprint density at radius 2 is 2.05 bits per heavy atom. The van der Waals surface area contributed by atoms with Crippen molar-refractivity contribution in [2.24, 2.45) is 5.73 Å². The molecule has 0 saturated carbocycles. The molecule has 1 saturated heterocycles. The Morgan fingerprint density at radius 3 is 2.50 bits per heavy atom. The fourth-order valence-corrected chi connectivity index (χ4v) is 2.10. The average molecular weight is 323 g/mol. The van der Waals surface area contributed by atoms with Crippen LogP contribution in [0.5, 0.6) is 0 Å². The first kappa shape index (κ1) is 18.7. The number of ether oxygens (including phenoxy) is 2. The van der Waals surface area contributed by atoms with Gasteiger partial charge in [-0.05, 0) is 0 Å². The van der Waals surface area contributed by atoms with Gasteiger partial charge < -0.3 is 40.7 Å². The number of carbonyl (C=O) groups is 2. The number of hydrogen-bond donors (Lipinski definition) is 6. The van der Waals surface area contributed by atoms with E-state index >= 15 is 0 Å². The maximum absolute atomic E-state index is 11.4. The minimum atomic E-state index is -2.52. The van der Waals surface area contributed by atoms with Crippen LogP contribution < -0.4 is 5.73 Å². The van der Waals surface area contributed by atoms with Gasteiger partial charge in [0.1, 0.15) is 18.3 Å². The summed E-state index contributed by atoms with van der Waals surface area (Å²) in [5.74, 6) is -5.10. The molecule has 0 aromatic heterocycles. The van der Waals surface area contributed by atoms with Crippen molar-refractivity contribution in [2.75, 3.05) is 6.61 Å². The highest BCUT2D eigenvalue weighted by molar-refractivity contribution is 5.80. The average Bonchev–Trinajstić information content (AvgIpc) is 2.48. The van der Waals surface area contributed by atoms with Crippen LogP contribution in [-0.2, 0) is 19.1 Å². The van der Waals surface area contributed by atoms with Gasteiger partial charge in [0, 0.05) is 6.42 Å². The molecule has 0 spiro atoms. The molecule has 1 heterocycles. The summed E-state index contributed by atoms with van der Waals surface area (Å²) in [6.07, 6.45) is -7.25. The van der Waals surface area contributed by atoms with E-state index in [4.69, 9.17) is 20.3 Å². The molecule has 7 N–H and O–H groups in total. The predicted octanol–water partition coefficient (Wildman–Crippen LogP) is -3.09. The third kappa shape index (κ3) is 3.72. The van der Waals surface area contributed by atoms with Crippen LogP contribution >= 0.6 is 0 Å². The Morgan fingerprint density at radius 1 is 1.45 bits per heavy atom. The predicted molar refractivity (Wildman–Crippen MR) is 69.3 cm³/mol. The fraction of sp³-hybridized carbons (Fsp3) is 0.833. The Labute approximate surface area is 126 Å². The Balaban J connectivity index is 3.10. The van der Waals surface area contributed by atoms with Crippen LogP contribution in [0.4, 0.5) is 0 Å². The third-order valence-electron chi connectivity index (χ3n) is 3.44. The third-order valence-corrected chi connectivity index (χ3v) is 3.44. The molecule has 0 radical (unpaired) electrons. The van der Waals surface area contributed by atoms with Crippen molar-refractivity contribution >= 4 is 11.9 Å². The number of aliphatic hydroxyl groups excluding tert-OH is 4. The highest BCUT2D eigenvalue weighted by Gasteiger charge is 2.56. The van der Waals surface area contributed by atoms with Crippen LogP contribution in [0.25, 0.3) is 0 Å². The number of aliphatic carboxylic acids is 1.